The van der Waals surface area contributed by atoms with Crippen LogP contribution in [0, 0.1) is 13.8 Å². The topological polar surface area (TPSA) is 42.4 Å². The predicted octanol–water partition coefficient (Wildman–Crippen LogP) is 4.11. The normalized spacial score (nSPS) is 10.9. The summed E-state index contributed by atoms with van der Waals surface area (Å²) in [6.45, 7) is 8.32. The molecule has 0 fully saturated rings. The van der Waals surface area contributed by atoms with E-state index in [4.69, 9.17) is 9.84 Å². The number of hydrogen-bond donors (Lipinski definition) is 1. The Morgan fingerprint density at radius 3 is 2.45 bits per heavy atom. The van der Waals surface area contributed by atoms with Gasteiger partial charge in [-0.1, -0.05) is 19.9 Å². The van der Waals surface area contributed by atoms with Crippen molar-refractivity contribution < 1.29 is 9.84 Å². The van der Waals surface area contributed by atoms with Gasteiger partial charge in [-0.25, -0.2) is 4.98 Å². The van der Waals surface area contributed by atoms with Gasteiger partial charge < -0.3 is 9.84 Å². The number of aliphatic hydroxyl groups excluding tert-OH is 1. The number of benzene rings is 1. The van der Waals surface area contributed by atoms with Crippen molar-refractivity contribution in [2.24, 2.45) is 0 Å². The van der Waals surface area contributed by atoms with Gasteiger partial charge in [0.15, 0.2) is 0 Å². The van der Waals surface area contributed by atoms with Gasteiger partial charge in [-0.05, 0) is 54.7 Å². The molecule has 3 nitrogen and oxygen atoms in total. The molecule has 0 radical (unpaired) electrons. The molecule has 0 aliphatic rings. The molecule has 20 heavy (non-hydrogen) atoms. The van der Waals surface area contributed by atoms with Crippen LogP contribution in [-0.4, -0.2) is 10.1 Å². The third kappa shape index (κ3) is 3.17. The van der Waals surface area contributed by atoms with E-state index < -0.39 is 0 Å². The molecule has 106 valence electrons. The van der Waals surface area contributed by atoms with E-state index in [1.165, 1.54) is 11.1 Å². The molecule has 1 heterocycles. The summed E-state index contributed by atoms with van der Waals surface area (Å²) in [4.78, 5) is 4.34. The molecule has 0 amide bonds. The van der Waals surface area contributed by atoms with E-state index in [0.29, 0.717) is 11.8 Å². The summed E-state index contributed by atoms with van der Waals surface area (Å²) in [5.74, 6) is 1.85. The molecule has 1 N–H and O–H groups in total. The lowest BCUT2D eigenvalue weighted by Gasteiger charge is -2.12. The molecule has 0 unspecified atom stereocenters. The Morgan fingerprint density at radius 2 is 1.90 bits per heavy atom. The zero-order chi connectivity index (χ0) is 14.7. The summed E-state index contributed by atoms with van der Waals surface area (Å²) in [5.41, 5.74) is 4.17. The molecule has 3 heteroatoms. The number of aryl methyl sites for hydroxylation is 2. The van der Waals surface area contributed by atoms with Gasteiger partial charge in [0.05, 0.1) is 6.61 Å². The summed E-state index contributed by atoms with van der Waals surface area (Å²) in [5, 5.41) is 9.14. The molecule has 0 saturated heterocycles. The lowest BCUT2D eigenvalue weighted by molar-refractivity contribution is 0.280. The molecular formula is C17H21NO2. The molecule has 0 atom stereocenters. The number of ether oxygens (including phenoxy) is 1. The molecule has 0 saturated carbocycles. The molecule has 2 aromatic rings. The Hall–Kier alpha value is -1.87. The zero-order valence-corrected chi connectivity index (χ0v) is 12.5. The number of nitrogens with zero attached hydrogens (tertiary/aromatic N) is 1. The zero-order valence-electron chi connectivity index (χ0n) is 12.5. The van der Waals surface area contributed by atoms with Gasteiger partial charge in [0.2, 0.25) is 5.88 Å². The number of aliphatic hydroxyl groups is 1. The fourth-order valence-corrected chi connectivity index (χ4v) is 2.27. The first-order valence-electron chi connectivity index (χ1n) is 6.87. The highest BCUT2D eigenvalue weighted by molar-refractivity contribution is 5.38. The molecular weight excluding hydrogens is 250 g/mol. The van der Waals surface area contributed by atoms with E-state index >= 15 is 0 Å². The Bertz CT molecular complexity index is 606. The molecule has 0 aliphatic heterocycles. The lowest BCUT2D eigenvalue weighted by atomic mass is 9.98. The van der Waals surface area contributed by atoms with Gasteiger partial charge in [0.25, 0.3) is 0 Å². The smallest absolute Gasteiger partial charge is 0.219 e. The highest BCUT2D eigenvalue weighted by Crippen LogP contribution is 2.26. The molecule has 0 bridgehead atoms. The molecule has 2 rings (SSSR count). The van der Waals surface area contributed by atoms with Crippen LogP contribution in [-0.2, 0) is 6.61 Å². The first-order chi connectivity index (χ1) is 9.51. The van der Waals surface area contributed by atoms with E-state index in [2.05, 4.69) is 31.8 Å². The van der Waals surface area contributed by atoms with E-state index in [1.807, 2.05) is 25.1 Å². The van der Waals surface area contributed by atoms with Crippen molar-refractivity contribution in [3.05, 3.63) is 52.7 Å². The van der Waals surface area contributed by atoms with E-state index in [-0.39, 0.29) is 6.61 Å². The van der Waals surface area contributed by atoms with Crippen LogP contribution in [0.5, 0.6) is 11.6 Å². The fraction of sp³-hybridized carbons (Fsp3) is 0.353. The second-order valence-electron chi connectivity index (χ2n) is 5.33. The minimum absolute atomic E-state index is 0.00130. The van der Waals surface area contributed by atoms with Crippen LogP contribution in [0.1, 0.15) is 42.1 Å². The largest absolute Gasteiger partial charge is 0.439 e. The van der Waals surface area contributed by atoms with Crippen LogP contribution in [0.4, 0.5) is 0 Å². The summed E-state index contributed by atoms with van der Waals surface area (Å²) in [7, 11) is 0. The average molecular weight is 271 g/mol. The van der Waals surface area contributed by atoms with Crippen molar-refractivity contribution in [3.8, 4) is 11.6 Å². The Morgan fingerprint density at radius 1 is 1.15 bits per heavy atom. The standard InChI is InChI=1S/C17H21NO2/c1-11(2)16-7-6-15(9-12(16)3)20-17-8-5-14(10-19)13(4)18-17/h5-9,11,19H,10H2,1-4H3. The third-order valence-corrected chi connectivity index (χ3v) is 3.43. The Labute approximate surface area is 120 Å². The number of pyridine rings is 1. The van der Waals surface area contributed by atoms with E-state index in [9.17, 15) is 0 Å². The lowest BCUT2D eigenvalue weighted by Crippen LogP contribution is -1.96. The van der Waals surface area contributed by atoms with Crippen LogP contribution < -0.4 is 4.74 Å². The maximum atomic E-state index is 9.14. The summed E-state index contributed by atoms with van der Waals surface area (Å²) in [6, 6.07) is 9.73. The first-order valence-corrected chi connectivity index (χ1v) is 6.87. The molecule has 1 aromatic heterocycles. The fourth-order valence-electron chi connectivity index (χ4n) is 2.27. The predicted molar refractivity (Wildman–Crippen MR) is 80.2 cm³/mol. The van der Waals surface area contributed by atoms with Crippen molar-refractivity contribution in [1.29, 1.82) is 0 Å². The number of hydrogen-bond acceptors (Lipinski definition) is 3. The maximum Gasteiger partial charge on any atom is 0.219 e. The average Bonchev–Trinajstić information content (AvgIpc) is 2.38. The minimum Gasteiger partial charge on any atom is -0.439 e. The van der Waals surface area contributed by atoms with Crippen LogP contribution in [0.15, 0.2) is 30.3 Å². The number of rotatable bonds is 4. The minimum atomic E-state index is 0.00130. The molecule has 1 aromatic carbocycles. The van der Waals surface area contributed by atoms with Crippen LogP contribution >= 0.6 is 0 Å². The van der Waals surface area contributed by atoms with Crippen LogP contribution in [0.3, 0.4) is 0 Å². The monoisotopic (exact) mass is 271 g/mol. The number of aromatic nitrogens is 1. The van der Waals surface area contributed by atoms with Crippen molar-refractivity contribution in [1.82, 2.24) is 4.98 Å². The van der Waals surface area contributed by atoms with Crippen LogP contribution in [0.2, 0.25) is 0 Å². The summed E-state index contributed by atoms with van der Waals surface area (Å²) in [6.07, 6.45) is 0. The second kappa shape index (κ2) is 6.06. The van der Waals surface area contributed by atoms with Gasteiger partial charge in [-0.3, -0.25) is 0 Å². The summed E-state index contributed by atoms with van der Waals surface area (Å²) >= 11 is 0. The van der Waals surface area contributed by atoms with Gasteiger partial charge in [-0.2, -0.15) is 0 Å². The molecule has 0 spiro atoms. The van der Waals surface area contributed by atoms with Gasteiger partial charge in [0, 0.05) is 11.8 Å². The first kappa shape index (κ1) is 14.5. The second-order valence-corrected chi connectivity index (χ2v) is 5.33. The maximum absolute atomic E-state index is 9.14. The van der Waals surface area contributed by atoms with Crippen LogP contribution in [0.25, 0.3) is 0 Å². The van der Waals surface area contributed by atoms with Crippen molar-refractivity contribution in [3.63, 3.8) is 0 Å². The molecule has 0 aliphatic carbocycles. The highest BCUT2D eigenvalue weighted by Gasteiger charge is 2.07. The summed E-state index contributed by atoms with van der Waals surface area (Å²) < 4.78 is 5.78. The highest BCUT2D eigenvalue weighted by atomic mass is 16.5. The SMILES string of the molecule is Cc1cc(Oc2ccc(CO)c(C)n2)ccc1C(C)C. The van der Waals surface area contributed by atoms with Crippen molar-refractivity contribution in [2.45, 2.75) is 40.2 Å². The van der Waals surface area contributed by atoms with E-state index in [1.54, 1.807) is 6.07 Å². The van der Waals surface area contributed by atoms with Crippen molar-refractivity contribution in [2.75, 3.05) is 0 Å². The van der Waals surface area contributed by atoms with Gasteiger partial charge >= 0.3 is 0 Å². The Balaban J connectivity index is 2.22. The van der Waals surface area contributed by atoms with Crippen molar-refractivity contribution >= 4 is 0 Å². The van der Waals surface area contributed by atoms with Gasteiger partial charge in [-0.15, -0.1) is 0 Å². The van der Waals surface area contributed by atoms with Gasteiger partial charge in [0.1, 0.15) is 5.75 Å². The Kier molecular flexibility index (Phi) is 4.40. The quantitative estimate of drug-likeness (QED) is 0.910. The van der Waals surface area contributed by atoms with E-state index in [0.717, 1.165) is 17.0 Å². The third-order valence-electron chi connectivity index (χ3n) is 3.43.